The molecule has 1 aliphatic rings. The normalized spacial score (nSPS) is 14.4. The van der Waals surface area contributed by atoms with E-state index in [2.05, 4.69) is 11.1 Å². The van der Waals surface area contributed by atoms with Crippen LogP contribution in [-0.4, -0.2) is 22.6 Å². The Morgan fingerprint density at radius 2 is 2.05 bits per heavy atom. The van der Waals surface area contributed by atoms with Gasteiger partial charge < -0.3 is 10.0 Å². The molecule has 2 aromatic rings. The van der Waals surface area contributed by atoms with Crippen molar-refractivity contribution in [1.82, 2.24) is 4.98 Å². The summed E-state index contributed by atoms with van der Waals surface area (Å²) in [5.41, 5.74) is 2.39. The summed E-state index contributed by atoms with van der Waals surface area (Å²) in [6, 6.07) is 9.56. The number of hydrogen-bond acceptors (Lipinski definition) is 3. The van der Waals surface area contributed by atoms with Gasteiger partial charge in [-0.15, -0.1) is 0 Å². The molecule has 0 fully saturated rings. The van der Waals surface area contributed by atoms with Crippen molar-refractivity contribution in [1.29, 1.82) is 0 Å². The van der Waals surface area contributed by atoms with Crippen LogP contribution in [-0.2, 0) is 6.42 Å². The number of rotatable bonds is 2. The number of benzene rings is 1. The molecule has 1 N–H and O–H groups in total. The Hall–Kier alpha value is -2.07. The molecule has 0 saturated heterocycles. The second-order valence-corrected chi connectivity index (χ2v) is 5.42. The van der Waals surface area contributed by atoms with E-state index in [4.69, 9.17) is 11.6 Å². The molecule has 1 aromatic carbocycles. The number of carboxylic acids is 1. The van der Waals surface area contributed by atoms with Crippen LogP contribution in [0.5, 0.6) is 0 Å². The van der Waals surface area contributed by atoms with Crippen LogP contribution in [0.3, 0.4) is 0 Å². The molecular formula is C16H15ClN2O2. The molecule has 0 radical (unpaired) electrons. The van der Waals surface area contributed by atoms with Gasteiger partial charge in [-0.05, 0) is 37.0 Å². The van der Waals surface area contributed by atoms with Gasteiger partial charge >= 0.3 is 5.97 Å². The highest BCUT2D eigenvalue weighted by atomic mass is 35.5. The highest BCUT2D eigenvalue weighted by Gasteiger charge is 2.22. The van der Waals surface area contributed by atoms with Crippen LogP contribution >= 0.6 is 11.6 Å². The highest BCUT2D eigenvalue weighted by molar-refractivity contribution is 6.36. The maximum absolute atomic E-state index is 11.2. The van der Waals surface area contributed by atoms with Crippen molar-refractivity contribution in [3.05, 3.63) is 52.7 Å². The van der Waals surface area contributed by atoms with Crippen LogP contribution in [0.4, 0.5) is 11.5 Å². The first kappa shape index (κ1) is 13.9. The second-order valence-electron chi connectivity index (χ2n) is 5.04. The molecule has 0 bridgehead atoms. The zero-order valence-electron chi connectivity index (χ0n) is 11.4. The number of pyridine rings is 1. The van der Waals surface area contributed by atoms with Gasteiger partial charge in [0.1, 0.15) is 0 Å². The van der Waals surface area contributed by atoms with E-state index in [1.807, 2.05) is 23.1 Å². The summed E-state index contributed by atoms with van der Waals surface area (Å²) in [5.74, 6) is -0.516. The third kappa shape index (κ3) is 2.59. The summed E-state index contributed by atoms with van der Waals surface area (Å²) in [6.45, 7) is 0.785. The summed E-state index contributed by atoms with van der Waals surface area (Å²) >= 11 is 6.27. The molecule has 1 aromatic heterocycles. The molecular weight excluding hydrogens is 288 g/mol. The molecule has 0 atom stereocenters. The Morgan fingerprint density at radius 3 is 2.86 bits per heavy atom. The molecule has 2 heterocycles. The third-order valence-electron chi connectivity index (χ3n) is 3.72. The zero-order chi connectivity index (χ0) is 14.8. The summed E-state index contributed by atoms with van der Waals surface area (Å²) in [5, 5.41) is 9.40. The van der Waals surface area contributed by atoms with Gasteiger partial charge in [0, 0.05) is 18.4 Å². The Labute approximate surface area is 128 Å². The lowest BCUT2D eigenvalue weighted by atomic mass is 10.1. The number of fused-ring (bicyclic) bond motifs is 1. The van der Waals surface area contributed by atoms with Crippen molar-refractivity contribution in [3.8, 4) is 0 Å². The van der Waals surface area contributed by atoms with Gasteiger partial charge in [-0.3, -0.25) is 0 Å². The van der Waals surface area contributed by atoms with Crippen LogP contribution in [0.25, 0.3) is 0 Å². The molecule has 4 nitrogen and oxygen atoms in total. The number of para-hydroxylation sites is 1. The quantitative estimate of drug-likeness (QED) is 0.914. The minimum Gasteiger partial charge on any atom is -0.478 e. The molecule has 108 valence electrons. The molecule has 0 spiro atoms. The molecule has 0 aliphatic carbocycles. The molecule has 0 unspecified atom stereocenters. The smallest absolute Gasteiger partial charge is 0.337 e. The minimum atomic E-state index is -1.04. The fourth-order valence-electron chi connectivity index (χ4n) is 2.70. The van der Waals surface area contributed by atoms with E-state index in [0.717, 1.165) is 31.5 Å². The fraction of sp³-hybridized carbons (Fsp3) is 0.250. The lowest BCUT2D eigenvalue weighted by molar-refractivity contribution is 0.0697. The van der Waals surface area contributed by atoms with Crippen molar-refractivity contribution in [2.24, 2.45) is 0 Å². The Morgan fingerprint density at radius 1 is 1.24 bits per heavy atom. The SMILES string of the molecule is O=C(O)c1ccnc(N2CCCCc3ccccc32)c1Cl. The van der Waals surface area contributed by atoms with Crippen LogP contribution in [0.15, 0.2) is 36.5 Å². The number of carbonyl (C=O) groups is 1. The predicted molar refractivity (Wildman–Crippen MR) is 82.6 cm³/mol. The van der Waals surface area contributed by atoms with Gasteiger partial charge in [0.15, 0.2) is 5.82 Å². The van der Waals surface area contributed by atoms with Crippen molar-refractivity contribution in [2.75, 3.05) is 11.4 Å². The van der Waals surface area contributed by atoms with Crippen molar-refractivity contribution in [2.45, 2.75) is 19.3 Å². The summed E-state index contributed by atoms with van der Waals surface area (Å²) in [4.78, 5) is 17.6. The molecule has 0 saturated carbocycles. The van der Waals surface area contributed by atoms with Gasteiger partial charge in [0.05, 0.1) is 10.6 Å². The maximum Gasteiger partial charge on any atom is 0.337 e. The lowest BCUT2D eigenvalue weighted by Crippen LogP contribution is -2.20. The molecule has 3 rings (SSSR count). The van der Waals surface area contributed by atoms with Gasteiger partial charge in [-0.25, -0.2) is 9.78 Å². The number of hydrogen-bond donors (Lipinski definition) is 1. The van der Waals surface area contributed by atoms with E-state index in [9.17, 15) is 9.90 Å². The Kier molecular flexibility index (Phi) is 3.80. The van der Waals surface area contributed by atoms with Crippen molar-refractivity contribution < 1.29 is 9.90 Å². The average molecular weight is 303 g/mol. The number of anilines is 2. The fourth-order valence-corrected chi connectivity index (χ4v) is 2.99. The number of aryl methyl sites for hydroxylation is 1. The van der Waals surface area contributed by atoms with Crippen LogP contribution in [0, 0.1) is 0 Å². The van der Waals surface area contributed by atoms with Crippen molar-refractivity contribution in [3.63, 3.8) is 0 Å². The predicted octanol–water partition coefficient (Wildman–Crippen LogP) is 3.91. The standard InChI is InChI=1S/C16H15ClN2O2/c17-14-12(16(20)21)8-9-18-15(14)19-10-4-3-6-11-5-1-2-7-13(11)19/h1-2,5,7-9H,3-4,6,10H2,(H,20,21). The van der Waals surface area contributed by atoms with E-state index in [1.54, 1.807) is 0 Å². The topological polar surface area (TPSA) is 53.4 Å². The maximum atomic E-state index is 11.2. The first-order valence-electron chi connectivity index (χ1n) is 6.91. The third-order valence-corrected chi connectivity index (χ3v) is 4.09. The molecule has 1 aliphatic heterocycles. The van der Waals surface area contributed by atoms with E-state index >= 15 is 0 Å². The summed E-state index contributed by atoms with van der Waals surface area (Å²) in [6.07, 6.45) is 4.63. The molecule has 5 heteroatoms. The number of halogens is 1. The zero-order valence-corrected chi connectivity index (χ0v) is 12.2. The van der Waals surface area contributed by atoms with Gasteiger partial charge in [-0.1, -0.05) is 29.8 Å². The summed E-state index contributed by atoms with van der Waals surface area (Å²) < 4.78 is 0. The van der Waals surface area contributed by atoms with Gasteiger partial charge in [-0.2, -0.15) is 0 Å². The first-order valence-corrected chi connectivity index (χ1v) is 7.29. The largest absolute Gasteiger partial charge is 0.478 e. The number of nitrogens with zero attached hydrogens (tertiary/aromatic N) is 2. The highest BCUT2D eigenvalue weighted by Crippen LogP contribution is 2.36. The first-order chi connectivity index (χ1) is 10.2. The van der Waals surface area contributed by atoms with Crippen LogP contribution in [0.2, 0.25) is 5.02 Å². The van der Waals surface area contributed by atoms with E-state index in [0.29, 0.717) is 5.82 Å². The molecule has 0 amide bonds. The molecule has 21 heavy (non-hydrogen) atoms. The van der Waals surface area contributed by atoms with E-state index in [-0.39, 0.29) is 10.6 Å². The van der Waals surface area contributed by atoms with Gasteiger partial charge in [0.2, 0.25) is 0 Å². The summed E-state index contributed by atoms with van der Waals surface area (Å²) in [7, 11) is 0. The number of aromatic nitrogens is 1. The lowest BCUT2D eigenvalue weighted by Gasteiger charge is -2.25. The average Bonchev–Trinajstić information content (AvgIpc) is 2.69. The van der Waals surface area contributed by atoms with Crippen LogP contribution in [0.1, 0.15) is 28.8 Å². The number of aromatic carboxylic acids is 1. The Balaban J connectivity index is 2.12. The van der Waals surface area contributed by atoms with Gasteiger partial charge in [0.25, 0.3) is 0 Å². The second kappa shape index (κ2) is 5.74. The monoisotopic (exact) mass is 302 g/mol. The van der Waals surface area contributed by atoms with E-state index in [1.165, 1.54) is 17.8 Å². The minimum absolute atomic E-state index is 0.0865. The van der Waals surface area contributed by atoms with Crippen LogP contribution < -0.4 is 4.90 Å². The van der Waals surface area contributed by atoms with Crippen molar-refractivity contribution >= 4 is 29.1 Å². The van der Waals surface area contributed by atoms with E-state index < -0.39 is 5.97 Å². The number of carboxylic acid groups (broad SMARTS) is 1. The Bertz CT molecular complexity index is 688.